The number of aromatic hydroxyl groups is 2. The molecule has 2 aliphatic rings. The van der Waals surface area contributed by atoms with Crippen molar-refractivity contribution in [2.45, 2.75) is 75.3 Å². The van der Waals surface area contributed by atoms with Crippen LogP contribution in [0, 0.1) is 0 Å². The second kappa shape index (κ2) is 12.8. The van der Waals surface area contributed by atoms with Crippen LogP contribution >= 0.6 is 0 Å². The molecule has 5 rings (SSSR count). The number of benzene rings is 2. The zero-order chi connectivity index (χ0) is 32.7. The molecule has 0 bridgehead atoms. The van der Waals surface area contributed by atoms with Gasteiger partial charge in [0, 0.05) is 24.6 Å². The van der Waals surface area contributed by atoms with Crippen molar-refractivity contribution in [3.05, 3.63) is 46.6 Å². The fourth-order valence-corrected chi connectivity index (χ4v) is 4.95. The molecule has 10 atom stereocenters. The smallest absolute Gasteiger partial charge is 0.302 e. The van der Waals surface area contributed by atoms with E-state index in [-0.39, 0.29) is 28.4 Å². The predicted octanol–water partition coefficient (Wildman–Crippen LogP) is -1.17. The Morgan fingerprint density at radius 2 is 1.44 bits per heavy atom. The Labute approximate surface area is 253 Å². The fourth-order valence-electron chi connectivity index (χ4n) is 4.95. The number of phenols is 2. The molecular weight excluding hydrogens is 604 g/mol. The van der Waals surface area contributed by atoms with Crippen LogP contribution in [0.25, 0.3) is 22.3 Å². The van der Waals surface area contributed by atoms with Gasteiger partial charge in [0.1, 0.15) is 77.6 Å². The largest absolute Gasteiger partial charge is 0.508 e. The summed E-state index contributed by atoms with van der Waals surface area (Å²) in [6, 6.07) is 7.49. The third-order valence-corrected chi connectivity index (χ3v) is 7.45. The van der Waals surface area contributed by atoms with Gasteiger partial charge in [0.2, 0.25) is 23.8 Å². The first-order valence-corrected chi connectivity index (χ1v) is 13.8. The lowest BCUT2D eigenvalue weighted by Crippen LogP contribution is -2.60. The summed E-state index contributed by atoms with van der Waals surface area (Å²) in [7, 11) is 0. The summed E-state index contributed by atoms with van der Waals surface area (Å²) in [6.07, 6.45) is -15.7. The third kappa shape index (κ3) is 6.40. The molecule has 244 valence electrons. The predicted molar refractivity (Wildman–Crippen MR) is 148 cm³/mol. The van der Waals surface area contributed by atoms with Crippen LogP contribution in [0.1, 0.15) is 13.8 Å². The molecule has 0 spiro atoms. The van der Waals surface area contributed by atoms with E-state index in [1.807, 2.05) is 0 Å². The Morgan fingerprint density at radius 1 is 0.822 bits per heavy atom. The number of fused-ring (bicyclic) bond motifs is 1. The third-order valence-electron chi connectivity index (χ3n) is 7.45. The molecular formula is C29H32O16. The van der Waals surface area contributed by atoms with Gasteiger partial charge in [0.15, 0.2) is 5.76 Å². The molecule has 0 radical (unpaired) electrons. The monoisotopic (exact) mass is 636 g/mol. The average molecular weight is 637 g/mol. The lowest BCUT2D eigenvalue weighted by atomic mass is 9.99. The fraction of sp³-hybridized carbons (Fsp3) is 0.448. The van der Waals surface area contributed by atoms with Crippen LogP contribution in [0.3, 0.4) is 0 Å². The Bertz CT molecular complexity index is 1590. The second-order valence-electron chi connectivity index (χ2n) is 10.7. The number of hydrogen-bond donors (Lipinski definition) is 8. The van der Waals surface area contributed by atoms with Crippen molar-refractivity contribution in [1.29, 1.82) is 0 Å². The van der Waals surface area contributed by atoms with Gasteiger partial charge in [0.25, 0.3) is 0 Å². The number of carbonyl (C=O) groups excluding carboxylic acids is 1. The van der Waals surface area contributed by atoms with Gasteiger partial charge in [-0.05, 0) is 31.2 Å². The quantitative estimate of drug-likeness (QED) is 0.142. The van der Waals surface area contributed by atoms with E-state index in [1.165, 1.54) is 37.3 Å². The van der Waals surface area contributed by atoms with Crippen LogP contribution in [0.5, 0.6) is 23.0 Å². The topological polar surface area (TPSA) is 255 Å². The maximum Gasteiger partial charge on any atom is 0.302 e. The van der Waals surface area contributed by atoms with E-state index in [0.717, 1.165) is 13.0 Å². The number of esters is 1. The van der Waals surface area contributed by atoms with Gasteiger partial charge in [-0.25, -0.2) is 0 Å². The Hall–Kier alpha value is -4.00. The van der Waals surface area contributed by atoms with Crippen molar-refractivity contribution in [2.75, 3.05) is 6.61 Å². The number of rotatable bonds is 7. The molecule has 8 N–H and O–H groups in total. The van der Waals surface area contributed by atoms with Gasteiger partial charge in [-0.1, -0.05) is 0 Å². The lowest BCUT2D eigenvalue weighted by molar-refractivity contribution is -0.278. The molecule has 0 saturated carbocycles. The number of aliphatic hydroxyl groups excluding tert-OH is 6. The highest BCUT2D eigenvalue weighted by molar-refractivity contribution is 5.88. The number of ether oxygens (including phenoxy) is 5. The normalized spacial score (nSPS) is 31.8. The van der Waals surface area contributed by atoms with Gasteiger partial charge in [-0.2, -0.15) is 0 Å². The Kier molecular flexibility index (Phi) is 9.20. The Balaban J connectivity index is 1.56. The summed E-state index contributed by atoms with van der Waals surface area (Å²) >= 11 is 0. The van der Waals surface area contributed by atoms with Crippen LogP contribution in [0.15, 0.2) is 45.6 Å². The van der Waals surface area contributed by atoms with E-state index in [2.05, 4.69) is 0 Å². The highest BCUT2D eigenvalue weighted by Crippen LogP contribution is 2.38. The number of hydrogen-bond acceptors (Lipinski definition) is 16. The molecule has 16 nitrogen and oxygen atoms in total. The number of carbonyl (C=O) groups is 1. The summed E-state index contributed by atoms with van der Waals surface area (Å²) in [5, 5.41) is 82.0. The molecule has 2 saturated heterocycles. The SMILES string of the molecule is CC(=O)OCC1O[C@@H](Oc2c(-c3ccc(O)cc3)oc3cc(O[C@@H]4OC(C)[C@H](O)[C@H](O)C4O)cc(O)c3c2=O)C(O)C(O)[C@H]1O. The highest BCUT2D eigenvalue weighted by atomic mass is 16.7. The van der Waals surface area contributed by atoms with Crippen molar-refractivity contribution >= 4 is 16.9 Å². The first-order chi connectivity index (χ1) is 21.3. The molecule has 3 heterocycles. The summed E-state index contributed by atoms with van der Waals surface area (Å²) < 4.78 is 33.1. The van der Waals surface area contributed by atoms with Crippen LogP contribution in [-0.2, 0) is 19.0 Å². The zero-order valence-electron chi connectivity index (χ0n) is 23.8. The minimum Gasteiger partial charge on any atom is -0.508 e. The average Bonchev–Trinajstić information content (AvgIpc) is 2.99. The first-order valence-electron chi connectivity index (χ1n) is 13.8. The molecule has 0 amide bonds. The minimum atomic E-state index is -1.90. The molecule has 2 fully saturated rings. The molecule has 1 aromatic heterocycles. The highest BCUT2D eigenvalue weighted by Gasteiger charge is 2.46. The van der Waals surface area contributed by atoms with Crippen LogP contribution < -0.4 is 14.9 Å². The van der Waals surface area contributed by atoms with Gasteiger partial charge in [0.05, 0.1) is 6.10 Å². The molecule has 2 aromatic carbocycles. The van der Waals surface area contributed by atoms with E-state index < -0.39 is 96.3 Å². The van der Waals surface area contributed by atoms with Crippen molar-refractivity contribution in [2.24, 2.45) is 0 Å². The lowest BCUT2D eigenvalue weighted by Gasteiger charge is -2.39. The molecule has 3 aromatic rings. The van der Waals surface area contributed by atoms with Gasteiger partial charge < -0.3 is 69.0 Å². The van der Waals surface area contributed by atoms with Gasteiger partial charge >= 0.3 is 5.97 Å². The summed E-state index contributed by atoms with van der Waals surface area (Å²) in [5.74, 6) is -2.55. The molecule has 0 aliphatic carbocycles. The maximum absolute atomic E-state index is 13.8. The standard InChI is InChI=1S/C29H32O16/c1-10-19(33)22(36)24(38)28(41-10)42-14-7-15(32)18-16(8-14)43-26(12-3-5-13(31)6-4-12)27(21(18)35)45-29-25(39)23(37)20(34)17(44-29)9-40-11(2)30/h3-8,10,17,19-20,22-25,28-29,31-34,36-39H,9H2,1-2H3/t10?,17?,19-,20-,22-,23?,24?,25?,28-,29-/m0/s1. The number of phenolic OH excluding ortho intramolecular Hbond substituents is 2. The van der Waals surface area contributed by atoms with Crippen molar-refractivity contribution < 1.29 is 73.7 Å². The number of aliphatic hydroxyl groups is 6. The van der Waals surface area contributed by atoms with Crippen LogP contribution in [0.4, 0.5) is 0 Å². The summed E-state index contributed by atoms with van der Waals surface area (Å²) in [5.41, 5.74) is -1.05. The van der Waals surface area contributed by atoms with Gasteiger partial charge in [-0.3, -0.25) is 9.59 Å². The second-order valence-corrected chi connectivity index (χ2v) is 10.7. The Morgan fingerprint density at radius 3 is 2.09 bits per heavy atom. The van der Waals surface area contributed by atoms with Crippen LogP contribution in [0.2, 0.25) is 0 Å². The van der Waals surface area contributed by atoms with E-state index in [1.54, 1.807) is 0 Å². The van der Waals surface area contributed by atoms with Gasteiger partial charge in [-0.15, -0.1) is 0 Å². The molecule has 16 heteroatoms. The summed E-state index contributed by atoms with van der Waals surface area (Å²) in [4.78, 5) is 25.1. The summed E-state index contributed by atoms with van der Waals surface area (Å²) in [6.45, 7) is 2.04. The van der Waals surface area contributed by atoms with E-state index in [0.29, 0.717) is 0 Å². The molecule has 5 unspecified atom stereocenters. The van der Waals surface area contributed by atoms with Crippen molar-refractivity contribution in [3.8, 4) is 34.3 Å². The van der Waals surface area contributed by atoms with E-state index >= 15 is 0 Å². The minimum absolute atomic E-state index is 0.123. The zero-order valence-corrected chi connectivity index (χ0v) is 23.8. The van der Waals surface area contributed by atoms with Crippen molar-refractivity contribution in [3.63, 3.8) is 0 Å². The van der Waals surface area contributed by atoms with Crippen molar-refractivity contribution in [1.82, 2.24) is 0 Å². The van der Waals surface area contributed by atoms with E-state index in [9.17, 15) is 50.4 Å². The van der Waals surface area contributed by atoms with E-state index in [4.69, 9.17) is 28.1 Å². The molecule has 45 heavy (non-hydrogen) atoms. The molecule has 2 aliphatic heterocycles. The first kappa shape index (κ1) is 32.4. The van der Waals surface area contributed by atoms with Crippen LogP contribution in [-0.4, -0.2) is 115 Å². The maximum atomic E-state index is 13.8.